The zero-order chi connectivity index (χ0) is 16.2. The Balaban J connectivity index is 1.82. The van der Waals surface area contributed by atoms with E-state index in [-0.39, 0.29) is 31.4 Å². The van der Waals surface area contributed by atoms with Crippen LogP contribution in [-0.2, 0) is 9.59 Å². The van der Waals surface area contributed by atoms with Gasteiger partial charge in [0.25, 0.3) is 0 Å². The van der Waals surface area contributed by atoms with Crippen LogP contribution in [0.25, 0.3) is 0 Å². The van der Waals surface area contributed by atoms with Crippen molar-refractivity contribution in [3.05, 3.63) is 0 Å². The van der Waals surface area contributed by atoms with Crippen LogP contribution in [0, 0.1) is 0 Å². The van der Waals surface area contributed by atoms with Gasteiger partial charge in [0.1, 0.15) is 0 Å². The third kappa shape index (κ3) is 5.15. The zero-order valence-electron chi connectivity index (χ0n) is 12.6. The minimum Gasteiger partial charge on any atom is -0.340 e. The predicted molar refractivity (Wildman–Crippen MR) is 74.1 cm³/mol. The van der Waals surface area contributed by atoms with Gasteiger partial charge in [0.15, 0.2) is 0 Å². The van der Waals surface area contributed by atoms with Gasteiger partial charge in [0, 0.05) is 39.1 Å². The molecular formula is C14H22F3N3O2. The molecule has 0 atom stereocenters. The summed E-state index contributed by atoms with van der Waals surface area (Å²) in [5, 5.41) is 0. The van der Waals surface area contributed by atoms with Crippen molar-refractivity contribution in [2.45, 2.75) is 31.9 Å². The van der Waals surface area contributed by atoms with Gasteiger partial charge in [0.2, 0.25) is 11.8 Å². The highest BCUT2D eigenvalue weighted by molar-refractivity contribution is 5.85. The monoisotopic (exact) mass is 321 g/mol. The van der Waals surface area contributed by atoms with Gasteiger partial charge in [-0.25, -0.2) is 0 Å². The molecule has 0 aliphatic carbocycles. The molecule has 2 heterocycles. The third-order valence-corrected chi connectivity index (χ3v) is 4.09. The number of amides is 2. The summed E-state index contributed by atoms with van der Waals surface area (Å²) < 4.78 is 37.2. The molecule has 22 heavy (non-hydrogen) atoms. The van der Waals surface area contributed by atoms with Gasteiger partial charge >= 0.3 is 6.18 Å². The molecule has 8 heteroatoms. The summed E-state index contributed by atoms with van der Waals surface area (Å²) in [6, 6.07) is 0. The molecule has 0 N–H and O–H groups in total. The van der Waals surface area contributed by atoms with Crippen molar-refractivity contribution in [3.8, 4) is 0 Å². The maximum Gasteiger partial charge on any atom is 0.401 e. The molecule has 0 aromatic heterocycles. The number of alkyl halides is 3. The molecule has 126 valence electrons. The molecule has 0 aromatic carbocycles. The molecule has 2 rings (SSSR count). The second-order valence-electron chi connectivity index (χ2n) is 5.90. The molecule has 2 saturated heterocycles. The topological polar surface area (TPSA) is 43.9 Å². The highest BCUT2D eigenvalue weighted by Crippen LogP contribution is 2.18. The number of carbonyl (C=O) groups excluding carboxylic acids is 2. The summed E-state index contributed by atoms with van der Waals surface area (Å²) in [7, 11) is 0. The number of hydrogen-bond donors (Lipinski definition) is 0. The highest BCUT2D eigenvalue weighted by atomic mass is 19.4. The Morgan fingerprint density at radius 3 is 2.45 bits per heavy atom. The summed E-state index contributed by atoms with van der Waals surface area (Å²) in [6.45, 7) is 1.02. The van der Waals surface area contributed by atoms with E-state index in [4.69, 9.17) is 0 Å². The Kier molecular flexibility index (Phi) is 5.66. The van der Waals surface area contributed by atoms with Gasteiger partial charge in [-0.15, -0.1) is 0 Å². The van der Waals surface area contributed by atoms with E-state index in [1.165, 1.54) is 4.90 Å². The van der Waals surface area contributed by atoms with Crippen LogP contribution in [0.5, 0.6) is 0 Å². The fraction of sp³-hybridized carbons (Fsp3) is 0.857. The number of carbonyl (C=O) groups is 2. The Hall–Kier alpha value is -1.31. The van der Waals surface area contributed by atoms with E-state index in [0.717, 1.165) is 12.8 Å². The summed E-state index contributed by atoms with van der Waals surface area (Å²) in [5.74, 6) is -0.169. The second-order valence-corrected chi connectivity index (χ2v) is 5.90. The minimum absolute atomic E-state index is 0.00637. The van der Waals surface area contributed by atoms with Crippen molar-refractivity contribution in [1.29, 1.82) is 0 Å². The maximum absolute atomic E-state index is 12.4. The number of hydrogen-bond acceptors (Lipinski definition) is 3. The maximum atomic E-state index is 12.4. The quantitative estimate of drug-likeness (QED) is 0.782. The van der Waals surface area contributed by atoms with Crippen LogP contribution < -0.4 is 0 Å². The number of nitrogens with zero attached hydrogens (tertiary/aromatic N) is 3. The fourth-order valence-electron chi connectivity index (χ4n) is 2.92. The largest absolute Gasteiger partial charge is 0.401 e. The molecule has 0 saturated carbocycles. The molecule has 2 amide bonds. The van der Waals surface area contributed by atoms with Crippen molar-refractivity contribution in [2.24, 2.45) is 0 Å². The smallest absolute Gasteiger partial charge is 0.340 e. The Labute approximate surface area is 128 Å². The van der Waals surface area contributed by atoms with Crippen LogP contribution >= 0.6 is 0 Å². The first kappa shape index (κ1) is 17.1. The van der Waals surface area contributed by atoms with E-state index < -0.39 is 12.7 Å². The summed E-state index contributed by atoms with van der Waals surface area (Å²) in [4.78, 5) is 28.4. The molecular weight excluding hydrogens is 299 g/mol. The number of likely N-dealkylation sites (tertiary alicyclic amines) is 1. The molecule has 2 fully saturated rings. The number of rotatable bonds is 3. The summed E-state index contributed by atoms with van der Waals surface area (Å²) in [5.41, 5.74) is 0. The SMILES string of the molecule is O=C(CN1CCCCC1=O)N1CCCN(CC(F)(F)F)CC1. The van der Waals surface area contributed by atoms with Crippen molar-refractivity contribution in [1.82, 2.24) is 14.7 Å². The molecule has 0 aromatic rings. The van der Waals surface area contributed by atoms with Crippen LogP contribution in [0.1, 0.15) is 25.7 Å². The van der Waals surface area contributed by atoms with E-state index in [9.17, 15) is 22.8 Å². The summed E-state index contributed by atoms with van der Waals surface area (Å²) >= 11 is 0. The van der Waals surface area contributed by atoms with Crippen LogP contribution in [0.3, 0.4) is 0 Å². The average molecular weight is 321 g/mol. The number of halogens is 3. The van der Waals surface area contributed by atoms with E-state index in [1.54, 1.807) is 9.80 Å². The minimum atomic E-state index is -4.21. The fourth-order valence-corrected chi connectivity index (χ4v) is 2.92. The van der Waals surface area contributed by atoms with E-state index in [0.29, 0.717) is 32.5 Å². The Bertz CT molecular complexity index is 415. The van der Waals surface area contributed by atoms with Gasteiger partial charge in [-0.05, 0) is 19.3 Å². The van der Waals surface area contributed by atoms with Crippen LogP contribution in [0.2, 0.25) is 0 Å². The molecule has 2 aliphatic heterocycles. The first-order chi connectivity index (χ1) is 10.3. The van der Waals surface area contributed by atoms with Gasteiger partial charge in [-0.3, -0.25) is 14.5 Å². The number of piperidine rings is 1. The standard InChI is InChI=1S/C14H22F3N3O2/c15-14(16,17)11-18-5-3-7-19(9-8-18)13(22)10-20-6-2-1-4-12(20)21/h1-11H2. The van der Waals surface area contributed by atoms with E-state index in [2.05, 4.69) is 0 Å². The Morgan fingerprint density at radius 2 is 1.77 bits per heavy atom. The lowest BCUT2D eigenvalue weighted by Gasteiger charge is -2.29. The average Bonchev–Trinajstić information content (AvgIpc) is 2.65. The second kappa shape index (κ2) is 7.30. The molecule has 0 radical (unpaired) electrons. The van der Waals surface area contributed by atoms with Gasteiger partial charge in [0.05, 0.1) is 13.1 Å². The van der Waals surface area contributed by atoms with Gasteiger partial charge in [-0.2, -0.15) is 13.2 Å². The highest BCUT2D eigenvalue weighted by Gasteiger charge is 2.32. The van der Waals surface area contributed by atoms with E-state index in [1.807, 2.05) is 0 Å². The van der Waals surface area contributed by atoms with E-state index >= 15 is 0 Å². The van der Waals surface area contributed by atoms with Crippen LogP contribution in [0.4, 0.5) is 13.2 Å². The molecule has 0 unspecified atom stereocenters. The molecule has 5 nitrogen and oxygen atoms in total. The zero-order valence-corrected chi connectivity index (χ0v) is 12.6. The lowest BCUT2D eigenvalue weighted by Crippen LogP contribution is -2.46. The molecule has 0 bridgehead atoms. The normalized spacial score (nSPS) is 21.9. The molecule has 0 spiro atoms. The lowest BCUT2D eigenvalue weighted by atomic mass is 10.1. The van der Waals surface area contributed by atoms with Crippen LogP contribution in [-0.4, -0.2) is 78.5 Å². The van der Waals surface area contributed by atoms with Crippen molar-refractivity contribution in [2.75, 3.05) is 45.8 Å². The summed E-state index contributed by atoms with van der Waals surface area (Å²) in [6.07, 6.45) is -1.44. The lowest BCUT2D eigenvalue weighted by molar-refractivity contribution is -0.146. The first-order valence-electron chi connectivity index (χ1n) is 7.70. The molecule has 2 aliphatic rings. The van der Waals surface area contributed by atoms with Crippen molar-refractivity contribution in [3.63, 3.8) is 0 Å². The Morgan fingerprint density at radius 1 is 1.00 bits per heavy atom. The van der Waals surface area contributed by atoms with Crippen molar-refractivity contribution < 1.29 is 22.8 Å². The third-order valence-electron chi connectivity index (χ3n) is 4.09. The predicted octanol–water partition coefficient (Wildman–Crippen LogP) is 1.10. The van der Waals surface area contributed by atoms with Gasteiger partial charge < -0.3 is 9.80 Å². The van der Waals surface area contributed by atoms with Crippen molar-refractivity contribution >= 4 is 11.8 Å². The first-order valence-corrected chi connectivity index (χ1v) is 7.70. The van der Waals surface area contributed by atoms with Gasteiger partial charge in [-0.1, -0.05) is 0 Å². The van der Waals surface area contributed by atoms with Crippen LogP contribution in [0.15, 0.2) is 0 Å².